The van der Waals surface area contributed by atoms with Gasteiger partial charge < -0.3 is 4.90 Å². The van der Waals surface area contributed by atoms with Crippen LogP contribution in [0.1, 0.15) is 32.3 Å². The number of nitriles is 1. The molecule has 1 heterocycles. The molecule has 17 heavy (non-hydrogen) atoms. The lowest BCUT2D eigenvalue weighted by atomic mass is 10.1. The smallest absolute Gasteiger partial charge is 0.137 e. The molecule has 0 bridgehead atoms. The summed E-state index contributed by atoms with van der Waals surface area (Å²) in [4.78, 5) is 10.4. The van der Waals surface area contributed by atoms with Crippen LogP contribution in [0.15, 0.2) is 6.33 Å². The van der Waals surface area contributed by atoms with Crippen LogP contribution in [-0.2, 0) is 6.42 Å². The monoisotopic (exact) mass is 252 g/mol. The van der Waals surface area contributed by atoms with Crippen molar-refractivity contribution in [3.05, 3.63) is 17.0 Å². The van der Waals surface area contributed by atoms with Gasteiger partial charge in [0.25, 0.3) is 0 Å². The summed E-state index contributed by atoms with van der Waals surface area (Å²) in [6.45, 7) is 5.63. The van der Waals surface area contributed by atoms with Crippen molar-refractivity contribution in [3.63, 3.8) is 0 Å². The van der Waals surface area contributed by atoms with Crippen molar-refractivity contribution in [1.82, 2.24) is 9.97 Å². The summed E-state index contributed by atoms with van der Waals surface area (Å²) >= 11 is 6.10. The first-order chi connectivity index (χ1) is 8.24. The maximum atomic E-state index is 8.65. The van der Waals surface area contributed by atoms with E-state index in [9.17, 15) is 0 Å². The second-order valence-corrected chi connectivity index (χ2v) is 4.06. The number of anilines is 1. The molecule has 92 valence electrons. The Balaban J connectivity index is 3.01. The molecular weight excluding hydrogens is 236 g/mol. The Labute approximate surface area is 107 Å². The minimum Gasteiger partial charge on any atom is -0.355 e. The Morgan fingerprint density at radius 2 is 2.18 bits per heavy atom. The van der Waals surface area contributed by atoms with Crippen LogP contribution in [0.4, 0.5) is 5.82 Å². The molecule has 0 amide bonds. The summed E-state index contributed by atoms with van der Waals surface area (Å²) in [5.74, 6) is 0.865. The fraction of sp³-hybridized carbons (Fsp3) is 0.583. The van der Waals surface area contributed by atoms with Gasteiger partial charge in [-0.25, -0.2) is 9.97 Å². The van der Waals surface area contributed by atoms with Gasteiger partial charge in [0.2, 0.25) is 0 Å². The minimum atomic E-state index is 0.487. The van der Waals surface area contributed by atoms with Gasteiger partial charge in [0.1, 0.15) is 17.3 Å². The van der Waals surface area contributed by atoms with E-state index in [-0.39, 0.29) is 0 Å². The van der Waals surface area contributed by atoms with Crippen LogP contribution in [-0.4, -0.2) is 23.1 Å². The van der Waals surface area contributed by atoms with E-state index < -0.39 is 0 Å². The van der Waals surface area contributed by atoms with E-state index >= 15 is 0 Å². The molecule has 0 aromatic carbocycles. The van der Waals surface area contributed by atoms with Gasteiger partial charge >= 0.3 is 0 Å². The van der Waals surface area contributed by atoms with Crippen LogP contribution in [0.25, 0.3) is 0 Å². The molecule has 0 N–H and O–H groups in total. The van der Waals surface area contributed by atoms with Crippen molar-refractivity contribution in [2.75, 3.05) is 18.0 Å². The summed E-state index contributed by atoms with van der Waals surface area (Å²) < 4.78 is 0. The molecule has 1 aromatic heterocycles. The fourth-order valence-electron chi connectivity index (χ4n) is 1.72. The molecule has 0 radical (unpaired) electrons. The topological polar surface area (TPSA) is 52.8 Å². The van der Waals surface area contributed by atoms with Crippen molar-refractivity contribution in [2.45, 2.75) is 33.1 Å². The number of hydrogen-bond acceptors (Lipinski definition) is 4. The van der Waals surface area contributed by atoms with Crippen LogP contribution >= 0.6 is 11.6 Å². The molecule has 0 saturated heterocycles. The van der Waals surface area contributed by atoms with E-state index in [1.165, 1.54) is 6.33 Å². The van der Waals surface area contributed by atoms with Gasteiger partial charge in [-0.1, -0.05) is 24.9 Å². The highest BCUT2D eigenvalue weighted by Crippen LogP contribution is 2.24. The van der Waals surface area contributed by atoms with Crippen LogP contribution in [0, 0.1) is 11.3 Å². The highest BCUT2D eigenvalue weighted by Gasteiger charge is 2.14. The van der Waals surface area contributed by atoms with E-state index in [0.717, 1.165) is 30.8 Å². The standard InChI is InChI=1S/C12H17ClN4/c1-3-6-10-11(13)15-9-16-12(10)17(4-2)8-5-7-14/h9H,3-6,8H2,1-2H3. The zero-order valence-electron chi connectivity index (χ0n) is 10.3. The first-order valence-electron chi connectivity index (χ1n) is 5.85. The van der Waals surface area contributed by atoms with Crippen LogP contribution in [0.3, 0.4) is 0 Å². The Morgan fingerprint density at radius 3 is 2.76 bits per heavy atom. The summed E-state index contributed by atoms with van der Waals surface area (Å²) in [6.07, 6.45) is 3.82. The van der Waals surface area contributed by atoms with Crippen molar-refractivity contribution in [1.29, 1.82) is 5.26 Å². The quantitative estimate of drug-likeness (QED) is 0.731. The lowest BCUT2D eigenvalue weighted by Crippen LogP contribution is -2.26. The van der Waals surface area contributed by atoms with Crippen LogP contribution in [0.2, 0.25) is 5.15 Å². The number of nitrogens with zero attached hydrogens (tertiary/aromatic N) is 4. The molecule has 0 saturated carbocycles. The summed E-state index contributed by atoms with van der Waals surface area (Å²) in [5, 5.41) is 9.17. The molecule has 0 atom stereocenters. The normalized spacial score (nSPS) is 10.0. The third kappa shape index (κ3) is 3.57. The summed E-state index contributed by atoms with van der Waals surface area (Å²) in [5.41, 5.74) is 0.983. The van der Waals surface area contributed by atoms with Gasteiger partial charge in [0.15, 0.2) is 0 Å². The maximum absolute atomic E-state index is 8.65. The third-order valence-corrected chi connectivity index (χ3v) is 2.87. The zero-order valence-corrected chi connectivity index (χ0v) is 11.0. The lowest BCUT2D eigenvalue weighted by molar-refractivity contribution is 0.787. The molecule has 4 nitrogen and oxygen atoms in total. The van der Waals surface area contributed by atoms with Gasteiger partial charge in [0.05, 0.1) is 12.5 Å². The largest absolute Gasteiger partial charge is 0.355 e. The molecule has 0 aliphatic heterocycles. The third-order valence-electron chi connectivity index (χ3n) is 2.54. The van der Waals surface area contributed by atoms with Crippen molar-refractivity contribution in [2.24, 2.45) is 0 Å². The Hall–Kier alpha value is -1.34. The molecule has 0 spiro atoms. The number of halogens is 1. The molecule has 1 aromatic rings. The molecule has 1 rings (SSSR count). The SMILES string of the molecule is CCCc1c(Cl)ncnc1N(CC)CCC#N. The fourth-order valence-corrected chi connectivity index (χ4v) is 1.94. The molecule has 5 heteroatoms. The minimum absolute atomic E-state index is 0.487. The van der Waals surface area contributed by atoms with Gasteiger partial charge in [-0.05, 0) is 13.3 Å². The lowest BCUT2D eigenvalue weighted by Gasteiger charge is -2.23. The second kappa shape index (κ2) is 7.08. The van der Waals surface area contributed by atoms with Crippen molar-refractivity contribution in [3.8, 4) is 6.07 Å². The highest BCUT2D eigenvalue weighted by atomic mass is 35.5. The summed E-state index contributed by atoms with van der Waals surface area (Å²) in [7, 11) is 0. The van der Waals surface area contributed by atoms with E-state index in [2.05, 4.69) is 27.9 Å². The summed E-state index contributed by atoms with van der Waals surface area (Å²) in [6, 6.07) is 2.15. The molecule has 0 fully saturated rings. The van der Waals surface area contributed by atoms with E-state index in [1.807, 2.05) is 6.92 Å². The van der Waals surface area contributed by atoms with Gasteiger partial charge in [-0.3, -0.25) is 0 Å². The van der Waals surface area contributed by atoms with Crippen molar-refractivity contribution >= 4 is 17.4 Å². The van der Waals surface area contributed by atoms with E-state index in [1.54, 1.807) is 0 Å². The number of hydrogen-bond donors (Lipinski definition) is 0. The predicted molar refractivity (Wildman–Crippen MR) is 69.2 cm³/mol. The predicted octanol–water partition coefficient (Wildman–Crippen LogP) is 2.82. The Kier molecular flexibility index (Phi) is 5.71. The van der Waals surface area contributed by atoms with Crippen LogP contribution in [0.5, 0.6) is 0 Å². The van der Waals surface area contributed by atoms with Gasteiger partial charge in [-0.2, -0.15) is 5.26 Å². The van der Waals surface area contributed by atoms with Crippen LogP contribution < -0.4 is 4.90 Å². The molecule has 0 unspecified atom stereocenters. The number of aromatic nitrogens is 2. The highest BCUT2D eigenvalue weighted by molar-refractivity contribution is 6.30. The van der Waals surface area contributed by atoms with Gasteiger partial charge in [0, 0.05) is 18.7 Å². The molecule has 0 aliphatic carbocycles. The maximum Gasteiger partial charge on any atom is 0.137 e. The Morgan fingerprint density at radius 1 is 1.41 bits per heavy atom. The average molecular weight is 253 g/mol. The Bertz CT molecular complexity index is 400. The molecule has 0 aliphatic rings. The zero-order chi connectivity index (χ0) is 12.7. The number of rotatable bonds is 6. The van der Waals surface area contributed by atoms with E-state index in [0.29, 0.717) is 18.1 Å². The van der Waals surface area contributed by atoms with E-state index in [4.69, 9.17) is 16.9 Å². The second-order valence-electron chi connectivity index (χ2n) is 3.70. The average Bonchev–Trinajstić information content (AvgIpc) is 2.34. The van der Waals surface area contributed by atoms with Gasteiger partial charge in [-0.15, -0.1) is 0 Å². The first kappa shape index (κ1) is 13.7. The van der Waals surface area contributed by atoms with Crippen molar-refractivity contribution < 1.29 is 0 Å². The molecular formula is C12H17ClN4. The first-order valence-corrected chi connectivity index (χ1v) is 6.23.